The number of ether oxygens (including phenoxy) is 1. The Kier molecular flexibility index (Phi) is 7.73. The third-order valence-corrected chi connectivity index (χ3v) is 3.97. The Morgan fingerprint density at radius 1 is 1.24 bits per heavy atom. The summed E-state index contributed by atoms with van der Waals surface area (Å²) in [6.45, 7) is 4.55. The van der Waals surface area contributed by atoms with Gasteiger partial charge in [0.1, 0.15) is 12.4 Å². The van der Waals surface area contributed by atoms with Gasteiger partial charge < -0.3 is 10.1 Å². The minimum absolute atomic E-state index is 0.341. The topological polar surface area (TPSA) is 47.3 Å². The zero-order valence-corrected chi connectivity index (χ0v) is 15.7. The Labute approximate surface area is 162 Å². The van der Waals surface area contributed by atoms with Crippen LogP contribution >= 0.6 is 35.4 Å². The van der Waals surface area contributed by atoms with Gasteiger partial charge in [0, 0.05) is 22.2 Å². The van der Waals surface area contributed by atoms with Gasteiger partial charge in [-0.1, -0.05) is 47.5 Å². The van der Waals surface area contributed by atoms with Gasteiger partial charge in [0.15, 0.2) is 0 Å². The highest BCUT2D eigenvalue weighted by atomic mass is 35.5. The van der Waals surface area contributed by atoms with Crippen molar-refractivity contribution >= 4 is 46.7 Å². The van der Waals surface area contributed by atoms with Gasteiger partial charge in [-0.25, -0.2) is 0 Å². The molecule has 0 radical (unpaired) electrons. The molecular formula is C18H18Cl2N3OS+. The van der Waals surface area contributed by atoms with Crippen molar-refractivity contribution in [3.8, 4) is 5.75 Å². The fraction of sp³-hybridized carbons (Fsp3) is 0.111. The molecule has 0 bridgehead atoms. The third-order valence-electron chi connectivity index (χ3n) is 3.14. The van der Waals surface area contributed by atoms with Crippen LogP contribution in [-0.4, -0.2) is 17.9 Å². The van der Waals surface area contributed by atoms with Crippen molar-refractivity contribution in [1.82, 2.24) is 10.7 Å². The van der Waals surface area contributed by atoms with Crippen LogP contribution in [0.2, 0.25) is 10.0 Å². The Balaban J connectivity index is 2.00. The molecule has 7 heteroatoms. The molecule has 0 atom stereocenters. The summed E-state index contributed by atoms with van der Waals surface area (Å²) >= 11 is 17.2. The van der Waals surface area contributed by atoms with Crippen LogP contribution < -0.4 is 20.6 Å². The van der Waals surface area contributed by atoms with E-state index in [9.17, 15) is 0 Å². The van der Waals surface area contributed by atoms with E-state index < -0.39 is 0 Å². The summed E-state index contributed by atoms with van der Waals surface area (Å²) in [5, 5.41) is 7.53. The van der Waals surface area contributed by atoms with Crippen LogP contribution in [0.25, 0.3) is 0 Å². The van der Waals surface area contributed by atoms with Crippen LogP contribution in [-0.2, 0) is 6.61 Å². The molecule has 2 rings (SSSR count). The molecule has 0 aliphatic rings. The first-order valence-corrected chi connectivity index (χ1v) is 8.66. The van der Waals surface area contributed by atoms with Crippen LogP contribution in [0.5, 0.6) is 5.75 Å². The lowest BCUT2D eigenvalue weighted by Crippen LogP contribution is -2.82. The molecule has 0 aromatic heterocycles. The zero-order chi connectivity index (χ0) is 18.1. The summed E-state index contributed by atoms with van der Waals surface area (Å²) in [5.74, 6) is 0.716. The van der Waals surface area contributed by atoms with Gasteiger partial charge in [0.2, 0.25) is 11.3 Å². The molecule has 130 valence electrons. The number of hydrazone groups is 1. The minimum Gasteiger partial charge on any atom is -0.488 e. The lowest BCUT2D eigenvalue weighted by Gasteiger charge is -2.09. The number of para-hydroxylation sites is 1. The maximum absolute atomic E-state index is 6.17. The van der Waals surface area contributed by atoms with Crippen molar-refractivity contribution < 1.29 is 9.84 Å². The van der Waals surface area contributed by atoms with Crippen molar-refractivity contribution in [3.63, 3.8) is 0 Å². The quantitative estimate of drug-likeness (QED) is 0.292. The van der Waals surface area contributed by atoms with Gasteiger partial charge >= 0.3 is 0 Å². The molecule has 2 aromatic rings. The number of benzene rings is 2. The summed E-state index contributed by atoms with van der Waals surface area (Å²) in [6, 6.07) is 13.0. The first-order valence-electron chi connectivity index (χ1n) is 7.49. The van der Waals surface area contributed by atoms with E-state index >= 15 is 0 Å². The minimum atomic E-state index is 0.341. The highest BCUT2D eigenvalue weighted by Crippen LogP contribution is 2.23. The van der Waals surface area contributed by atoms with Gasteiger partial charge in [0.25, 0.3) is 0 Å². The van der Waals surface area contributed by atoms with E-state index in [-0.39, 0.29) is 0 Å². The van der Waals surface area contributed by atoms with Gasteiger partial charge in [-0.3, -0.25) is 0 Å². The molecular weight excluding hydrogens is 377 g/mol. The summed E-state index contributed by atoms with van der Waals surface area (Å²) in [6.07, 6.45) is 3.49. The van der Waals surface area contributed by atoms with Crippen LogP contribution in [0.4, 0.5) is 0 Å². The monoisotopic (exact) mass is 394 g/mol. The predicted molar refractivity (Wildman–Crippen MR) is 107 cm³/mol. The largest absolute Gasteiger partial charge is 0.488 e. The van der Waals surface area contributed by atoms with E-state index in [1.165, 1.54) is 0 Å². The summed E-state index contributed by atoms with van der Waals surface area (Å²) in [4.78, 5) is 0. The molecule has 0 heterocycles. The molecule has 0 amide bonds. The number of hydrogen-bond donors (Lipinski definition) is 3. The Morgan fingerprint density at radius 2 is 2.04 bits per heavy atom. The molecule has 0 saturated carbocycles. The fourth-order valence-electron chi connectivity index (χ4n) is 1.91. The number of rotatable bonds is 7. The second-order valence-corrected chi connectivity index (χ2v) is 6.23. The van der Waals surface area contributed by atoms with Crippen molar-refractivity contribution in [2.75, 3.05) is 6.54 Å². The van der Waals surface area contributed by atoms with E-state index in [1.54, 1.807) is 24.4 Å². The van der Waals surface area contributed by atoms with Gasteiger partial charge in [-0.2, -0.15) is 0 Å². The molecule has 0 aliphatic carbocycles. The van der Waals surface area contributed by atoms with Crippen molar-refractivity contribution in [1.29, 1.82) is 0 Å². The molecule has 0 spiro atoms. The van der Waals surface area contributed by atoms with E-state index in [1.807, 2.05) is 30.3 Å². The first-order chi connectivity index (χ1) is 12.1. The normalized spacial score (nSPS) is 10.5. The second-order valence-electron chi connectivity index (χ2n) is 4.97. The Hall–Kier alpha value is -2.08. The van der Waals surface area contributed by atoms with Crippen molar-refractivity contribution in [3.05, 3.63) is 76.3 Å². The average Bonchev–Trinajstić information content (AvgIpc) is 2.60. The molecule has 25 heavy (non-hydrogen) atoms. The standard InChI is InChI=1S/C18H17Cl2N3OS/c1-2-9-21-18(25)23-22-11-13-5-3-4-6-17(13)24-12-14-7-8-15(19)10-16(14)20/h2-8,10-11H,1,9,12H2,(H2,21,23,25)/p+1. The summed E-state index contributed by atoms with van der Waals surface area (Å²) in [7, 11) is 0. The Bertz CT molecular complexity index is 781. The number of hydrogen-bond acceptors (Lipinski definition) is 2. The maximum atomic E-state index is 6.17. The molecule has 3 N–H and O–H groups in total. The molecule has 2 aromatic carbocycles. The van der Waals surface area contributed by atoms with Gasteiger partial charge in [-0.15, -0.1) is 17.1 Å². The van der Waals surface area contributed by atoms with E-state index in [2.05, 4.69) is 22.4 Å². The Morgan fingerprint density at radius 3 is 2.80 bits per heavy atom. The predicted octanol–water partition coefficient (Wildman–Crippen LogP) is 2.64. The van der Waals surface area contributed by atoms with Crippen LogP contribution in [0, 0.1) is 0 Å². The molecule has 0 fully saturated rings. The van der Waals surface area contributed by atoms with Gasteiger partial charge in [0.05, 0.1) is 5.56 Å². The zero-order valence-electron chi connectivity index (χ0n) is 13.4. The van der Waals surface area contributed by atoms with Crippen molar-refractivity contribution in [2.45, 2.75) is 6.61 Å². The van der Waals surface area contributed by atoms with E-state index in [4.69, 9.17) is 40.2 Å². The molecule has 0 aliphatic heterocycles. The smallest absolute Gasteiger partial charge is 0.224 e. The average molecular weight is 395 g/mol. The summed E-state index contributed by atoms with van der Waals surface area (Å²) < 4.78 is 5.88. The molecule has 0 saturated heterocycles. The van der Waals surface area contributed by atoms with E-state index in [0.29, 0.717) is 34.1 Å². The summed E-state index contributed by atoms with van der Waals surface area (Å²) in [5.41, 5.74) is 4.59. The van der Waals surface area contributed by atoms with Crippen LogP contribution in [0.1, 0.15) is 11.1 Å². The highest BCUT2D eigenvalue weighted by Gasteiger charge is 2.06. The van der Waals surface area contributed by atoms with Crippen molar-refractivity contribution in [2.24, 2.45) is 0 Å². The number of nitrogens with one attached hydrogen (secondary N) is 3. The lowest BCUT2D eigenvalue weighted by molar-refractivity contribution is -0.500. The maximum Gasteiger partial charge on any atom is 0.224 e. The third kappa shape index (κ3) is 6.38. The van der Waals surface area contributed by atoms with Gasteiger partial charge in [-0.05, 0) is 36.5 Å². The number of thiocarbonyl (C=S) groups is 1. The number of hydrazine groups is 1. The molecule has 0 unspecified atom stereocenters. The highest BCUT2D eigenvalue weighted by molar-refractivity contribution is 7.80. The fourth-order valence-corrected chi connectivity index (χ4v) is 2.52. The first kappa shape index (κ1) is 19.2. The van der Waals surface area contributed by atoms with Crippen LogP contribution in [0.3, 0.4) is 0 Å². The molecule has 4 nitrogen and oxygen atoms in total. The SMILES string of the molecule is C=CCNC(=S)N[NH+]=Cc1ccccc1OCc1ccc(Cl)cc1Cl. The van der Waals surface area contributed by atoms with Crippen LogP contribution in [0.15, 0.2) is 55.1 Å². The number of halogens is 2. The van der Waals surface area contributed by atoms with E-state index in [0.717, 1.165) is 11.1 Å². The lowest BCUT2D eigenvalue weighted by atomic mass is 10.2. The second kappa shape index (κ2) is 10.0.